The van der Waals surface area contributed by atoms with Gasteiger partial charge in [-0.3, -0.25) is 14.9 Å². The van der Waals surface area contributed by atoms with E-state index in [2.05, 4.69) is 0 Å². The van der Waals surface area contributed by atoms with Gasteiger partial charge in [-0.05, 0) is 30.7 Å². The van der Waals surface area contributed by atoms with Crippen LogP contribution in [0.4, 0.5) is 11.4 Å². The number of nitro benzene ring substituents is 1. The van der Waals surface area contributed by atoms with Crippen molar-refractivity contribution in [1.29, 1.82) is 0 Å². The summed E-state index contributed by atoms with van der Waals surface area (Å²) >= 11 is 6.27. The van der Waals surface area contributed by atoms with E-state index in [1.54, 1.807) is 24.0 Å². The molecular weight excluding hydrogens is 358 g/mol. The molecule has 1 N–H and O–H groups in total. The fraction of sp³-hybridized carbons (Fsp3) is 0.278. The largest absolute Gasteiger partial charge is 0.508 e. The minimum atomic E-state index is -0.464. The molecule has 0 aliphatic carbocycles. The lowest BCUT2D eigenvalue weighted by Crippen LogP contribution is -2.49. The Morgan fingerprint density at radius 2 is 1.88 bits per heavy atom. The molecule has 1 aliphatic rings. The molecule has 1 fully saturated rings. The maximum atomic E-state index is 12.5. The van der Waals surface area contributed by atoms with E-state index in [1.807, 2.05) is 4.90 Å². The molecule has 2 aromatic carbocycles. The number of benzene rings is 2. The Morgan fingerprint density at radius 3 is 2.46 bits per heavy atom. The van der Waals surface area contributed by atoms with E-state index in [4.69, 9.17) is 11.6 Å². The number of anilines is 1. The molecular formula is C18H18ClN3O4. The van der Waals surface area contributed by atoms with E-state index in [-0.39, 0.29) is 17.3 Å². The van der Waals surface area contributed by atoms with Crippen LogP contribution in [0.5, 0.6) is 5.75 Å². The summed E-state index contributed by atoms with van der Waals surface area (Å²) in [5, 5.41) is 20.8. The summed E-state index contributed by atoms with van der Waals surface area (Å²) in [5.41, 5.74) is 1.91. The Hall–Kier alpha value is -2.80. The van der Waals surface area contributed by atoms with Crippen LogP contribution in [0.1, 0.15) is 15.9 Å². The lowest BCUT2D eigenvalue weighted by Gasteiger charge is -2.37. The SMILES string of the molecule is Cc1cc([N+](=O)[O-])cc(Cl)c1N1CCN(C(=O)c2cccc(O)c2)CC1. The summed E-state index contributed by atoms with van der Waals surface area (Å²) in [6, 6.07) is 9.14. The number of amides is 1. The maximum Gasteiger partial charge on any atom is 0.271 e. The quantitative estimate of drug-likeness (QED) is 0.657. The van der Waals surface area contributed by atoms with Crippen LogP contribution < -0.4 is 4.90 Å². The van der Waals surface area contributed by atoms with Crippen molar-refractivity contribution in [3.63, 3.8) is 0 Å². The normalized spacial score (nSPS) is 14.4. The van der Waals surface area contributed by atoms with Crippen molar-refractivity contribution < 1.29 is 14.8 Å². The van der Waals surface area contributed by atoms with Crippen LogP contribution in [0, 0.1) is 17.0 Å². The number of nitro groups is 1. The van der Waals surface area contributed by atoms with E-state index in [1.165, 1.54) is 24.3 Å². The second-order valence-electron chi connectivity index (χ2n) is 6.18. The third kappa shape index (κ3) is 3.57. The molecule has 2 aromatic rings. The topological polar surface area (TPSA) is 86.9 Å². The Kier molecular flexibility index (Phi) is 4.99. The number of phenols is 1. The highest BCUT2D eigenvalue weighted by molar-refractivity contribution is 6.33. The van der Waals surface area contributed by atoms with Gasteiger partial charge < -0.3 is 14.9 Å². The molecule has 0 aromatic heterocycles. The van der Waals surface area contributed by atoms with E-state index in [9.17, 15) is 20.0 Å². The van der Waals surface area contributed by atoms with Gasteiger partial charge in [0.15, 0.2) is 0 Å². The van der Waals surface area contributed by atoms with Crippen LogP contribution in [-0.2, 0) is 0 Å². The van der Waals surface area contributed by atoms with Crippen molar-refractivity contribution in [3.05, 3.63) is 62.7 Å². The van der Waals surface area contributed by atoms with Gasteiger partial charge in [-0.25, -0.2) is 0 Å². The van der Waals surface area contributed by atoms with Crippen molar-refractivity contribution in [2.45, 2.75) is 6.92 Å². The van der Waals surface area contributed by atoms with Crippen molar-refractivity contribution in [2.24, 2.45) is 0 Å². The molecule has 1 amide bonds. The van der Waals surface area contributed by atoms with Gasteiger partial charge in [-0.15, -0.1) is 0 Å². The molecule has 26 heavy (non-hydrogen) atoms. The number of phenolic OH excluding ortho intramolecular Hbond substituents is 1. The minimum Gasteiger partial charge on any atom is -0.508 e. The molecule has 136 valence electrons. The smallest absolute Gasteiger partial charge is 0.271 e. The first kappa shape index (κ1) is 18.0. The highest BCUT2D eigenvalue weighted by atomic mass is 35.5. The molecule has 1 saturated heterocycles. The van der Waals surface area contributed by atoms with Gasteiger partial charge in [-0.2, -0.15) is 0 Å². The number of carbonyl (C=O) groups excluding carboxylic acids is 1. The number of piperazine rings is 1. The van der Waals surface area contributed by atoms with Crippen LogP contribution in [0.25, 0.3) is 0 Å². The lowest BCUT2D eigenvalue weighted by molar-refractivity contribution is -0.384. The van der Waals surface area contributed by atoms with Gasteiger partial charge in [0.25, 0.3) is 11.6 Å². The van der Waals surface area contributed by atoms with Crippen LogP contribution in [0.2, 0.25) is 5.02 Å². The lowest BCUT2D eigenvalue weighted by atomic mass is 10.1. The van der Waals surface area contributed by atoms with E-state index < -0.39 is 4.92 Å². The van der Waals surface area contributed by atoms with Crippen LogP contribution >= 0.6 is 11.6 Å². The number of carbonyl (C=O) groups is 1. The number of aryl methyl sites for hydroxylation is 1. The van der Waals surface area contributed by atoms with Crippen LogP contribution in [-0.4, -0.2) is 47.0 Å². The van der Waals surface area contributed by atoms with Crippen molar-refractivity contribution in [3.8, 4) is 5.75 Å². The summed E-state index contributed by atoms with van der Waals surface area (Å²) in [6.07, 6.45) is 0. The maximum absolute atomic E-state index is 12.5. The first-order valence-electron chi connectivity index (χ1n) is 8.14. The van der Waals surface area contributed by atoms with E-state index >= 15 is 0 Å². The van der Waals surface area contributed by atoms with Crippen LogP contribution in [0.3, 0.4) is 0 Å². The number of halogens is 1. The predicted molar refractivity (Wildman–Crippen MR) is 99.1 cm³/mol. The molecule has 7 nitrogen and oxygen atoms in total. The highest BCUT2D eigenvalue weighted by Crippen LogP contribution is 2.34. The van der Waals surface area contributed by atoms with Crippen molar-refractivity contribution in [2.75, 3.05) is 31.1 Å². The zero-order chi connectivity index (χ0) is 18.8. The number of nitrogens with zero attached hydrogens (tertiary/aromatic N) is 3. The average Bonchev–Trinajstić information content (AvgIpc) is 2.61. The van der Waals surface area contributed by atoms with Gasteiger partial charge in [0, 0.05) is 43.9 Å². The first-order chi connectivity index (χ1) is 12.4. The number of rotatable bonds is 3. The van der Waals surface area contributed by atoms with Gasteiger partial charge in [0.1, 0.15) is 5.75 Å². The molecule has 0 saturated carbocycles. The molecule has 0 bridgehead atoms. The Bertz CT molecular complexity index is 840. The molecule has 1 heterocycles. The zero-order valence-electron chi connectivity index (χ0n) is 14.2. The molecule has 8 heteroatoms. The van der Waals surface area contributed by atoms with E-state index in [0.29, 0.717) is 36.8 Å². The van der Waals surface area contributed by atoms with Gasteiger partial charge in [-0.1, -0.05) is 17.7 Å². The van der Waals surface area contributed by atoms with E-state index in [0.717, 1.165) is 11.3 Å². The Balaban J connectivity index is 1.73. The third-order valence-electron chi connectivity index (χ3n) is 4.43. The van der Waals surface area contributed by atoms with Gasteiger partial charge in [0.05, 0.1) is 15.6 Å². The second kappa shape index (κ2) is 7.21. The molecule has 1 aliphatic heterocycles. The number of hydrogen-bond acceptors (Lipinski definition) is 5. The molecule has 0 atom stereocenters. The van der Waals surface area contributed by atoms with Crippen molar-refractivity contribution >= 4 is 28.9 Å². The monoisotopic (exact) mass is 375 g/mol. The Labute approximate surface area is 155 Å². The molecule has 3 rings (SSSR count). The number of aromatic hydroxyl groups is 1. The first-order valence-corrected chi connectivity index (χ1v) is 8.52. The minimum absolute atomic E-state index is 0.0334. The summed E-state index contributed by atoms with van der Waals surface area (Å²) in [6.45, 7) is 3.94. The number of hydrogen-bond donors (Lipinski definition) is 1. The van der Waals surface area contributed by atoms with Crippen LogP contribution in [0.15, 0.2) is 36.4 Å². The summed E-state index contributed by atoms with van der Waals surface area (Å²) in [5.74, 6) is -0.0742. The standard InChI is InChI=1S/C18H18ClN3O4/c1-12-9-14(22(25)26)11-16(19)17(12)20-5-7-21(8-6-20)18(24)13-3-2-4-15(23)10-13/h2-4,9-11,23H,5-8H2,1H3. The zero-order valence-corrected chi connectivity index (χ0v) is 14.9. The third-order valence-corrected chi connectivity index (χ3v) is 4.71. The fourth-order valence-electron chi connectivity index (χ4n) is 3.18. The average molecular weight is 376 g/mol. The van der Waals surface area contributed by atoms with Crippen molar-refractivity contribution in [1.82, 2.24) is 4.90 Å². The summed E-state index contributed by atoms with van der Waals surface area (Å²) < 4.78 is 0. The summed E-state index contributed by atoms with van der Waals surface area (Å²) in [4.78, 5) is 26.8. The molecule has 0 unspecified atom stereocenters. The number of non-ortho nitro benzene ring substituents is 1. The molecule has 0 radical (unpaired) electrons. The van der Waals surface area contributed by atoms with Gasteiger partial charge >= 0.3 is 0 Å². The van der Waals surface area contributed by atoms with Gasteiger partial charge in [0.2, 0.25) is 0 Å². The fourth-order valence-corrected chi connectivity index (χ4v) is 3.56. The predicted octanol–water partition coefficient (Wildman–Crippen LogP) is 3.22. The molecule has 0 spiro atoms. The second-order valence-corrected chi connectivity index (χ2v) is 6.59. The Morgan fingerprint density at radius 1 is 1.19 bits per heavy atom. The highest BCUT2D eigenvalue weighted by Gasteiger charge is 2.25. The summed E-state index contributed by atoms with van der Waals surface area (Å²) in [7, 11) is 0.